The number of urea groups is 1. The van der Waals surface area contributed by atoms with Crippen LogP contribution in [0.4, 0.5) is 10.5 Å². The van der Waals surface area contributed by atoms with Crippen molar-refractivity contribution in [3.8, 4) is 0 Å². The molecule has 0 aliphatic carbocycles. The number of aliphatic carboxylic acids is 1. The summed E-state index contributed by atoms with van der Waals surface area (Å²) < 4.78 is 0. The molecule has 6 heteroatoms. The topological polar surface area (TPSA) is 98.7 Å². The van der Waals surface area contributed by atoms with Crippen LogP contribution in [0, 0.1) is 6.92 Å². The summed E-state index contributed by atoms with van der Waals surface area (Å²) in [6.45, 7) is 1.16. The second-order valence-electron chi connectivity index (χ2n) is 3.49. The Kier molecular flexibility index (Phi) is 4.47. The molecule has 2 amide bonds. The number of carboxylic acid groups (broad SMARTS) is 1. The van der Waals surface area contributed by atoms with E-state index in [-0.39, 0.29) is 0 Å². The minimum atomic E-state index is -1.31. The Labute approximate surface area is 98.3 Å². The van der Waals surface area contributed by atoms with Crippen molar-refractivity contribution < 1.29 is 19.8 Å². The molecule has 6 nitrogen and oxygen atoms in total. The van der Waals surface area contributed by atoms with Gasteiger partial charge in [0.2, 0.25) is 0 Å². The molecule has 0 radical (unpaired) electrons. The lowest BCUT2D eigenvalue weighted by atomic mass is 10.2. The number of benzene rings is 1. The fraction of sp³-hybridized carbons (Fsp3) is 0.273. The van der Waals surface area contributed by atoms with E-state index in [0.717, 1.165) is 5.56 Å². The van der Waals surface area contributed by atoms with Gasteiger partial charge in [0, 0.05) is 5.69 Å². The largest absolute Gasteiger partial charge is 0.480 e. The third kappa shape index (κ3) is 3.76. The van der Waals surface area contributed by atoms with E-state index in [1.807, 2.05) is 19.1 Å². The first-order chi connectivity index (χ1) is 8.04. The molecule has 0 bridgehead atoms. The number of aryl methyl sites for hydroxylation is 1. The molecule has 1 aromatic carbocycles. The Morgan fingerprint density at radius 3 is 2.53 bits per heavy atom. The number of aliphatic hydroxyl groups excluding tert-OH is 1. The zero-order chi connectivity index (χ0) is 12.8. The number of nitrogens with one attached hydrogen (secondary N) is 2. The van der Waals surface area contributed by atoms with Gasteiger partial charge >= 0.3 is 12.0 Å². The van der Waals surface area contributed by atoms with Crippen molar-refractivity contribution >= 4 is 17.7 Å². The van der Waals surface area contributed by atoms with Crippen LogP contribution in [0.3, 0.4) is 0 Å². The Hall–Kier alpha value is -2.08. The van der Waals surface area contributed by atoms with Crippen LogP contribution in [0.2, 0.25) is 0 Å². The number of hydrogen-bond donors (Lipinski definition) is 4. The summed E-state index contributed by atoms with van der Waals surface area (Å²) in [6, 6.07) is 5.12. The molecule has 1 atom stereocenters. The highest BCUT2D eigenvalue weighted by Crippen LogP contribution is 2.12. The number of rotatable bonds is 4. The predicted octanol–water partition coefficient (Wildman–Crippen LogP) is 0.562. The molecule has 0 saturated heterocycles. The highest BCUT2D eigenvalue weighted by atomic mass is 16.4. The Bertz CT molecular complexity index is 420. The summed E-state index contributed by atoms with van der Waals surface area (Å²) in [5, 5.41) is 22.0. The standard InChI is InChI=1S/C11H14N2O4/c1-7-4-2-3-5-8(7)12-11(17)13-9(6-14)10(15)16/h2-5,9,14H,6H2,1H3,(H,15,16)(H2,12,13,17)/t9-/m1/s1. The lowest BCUT2D eigenvalue weighted by Crippen LogP contribution is -2.45. The molecule has 0 unspecified atom stereocenters. The lowest BCUT2D eigenvalue weighted by Gasteiger charge is -2.13. The zero-order valence-electron chi connectivity index (χ0n) is 9.30. The van der Waals surface area contributed by atoms with Gasteiger partial charge in [0.1, 0.15) is 0 Å². The maximum atomic E-state index is 11.4. The van der Waals surface area contributed by atoms with Crippen molar-refractivity contribution in [2.75, 3.05) is 11.9 Å². The highest BCUT2D eigenvalue weighted by molar-refractivity contribution is 5.92. The van der Waals surface area contributed by atoms with Crippen LogP contribution in [-0.2, 0) is 4.79 Å². The van der Waals surface area contributed by atoms with Crippen molar-refractivity contribution in [3.63, 3.8) is 0 Å². The predicted molar refractivity (Wildman–Crippen MR) is 61.8 cm³/mol. The van der Waals surface area contributed by atoms with Crippen molar-refractivity contribution in [2.45, 2.75) is 13.0 Å². The first kappa shape index (κ1) is 13.0. The van der Waals surface area contributed by atoms with Crippen LogP contribution >= 0.6 is 0 Å². The number of para-hydroxylation sites is 1. The average Bonchev–Trinajstić information content (AvgIpc) is 2.28. The quantitative estimate of drug-likeness (QED) is 0.616. The van der Waals surface area contributed by atoms with Crippen molar-refractivity contribution in [1.82, 2.24) is 5.32 Å². The molecule has 0 saturated carbocycles. The second-order valence-corrected chi connectivity index (χ2v) is 3.49. The summed E-state index contributed by atoms with van der Waals surface area (Å²) in [6.07, 6.45) is 0. The van der Waals surface area contributed by atoms with E-state index in [1.54, 1.807) is 12.1 Å². The first-order valence-electron chi connectivity index (χ1n) is 5.01. The maximum Gasteiger partial charge on any atom is 0.328 e. The molecule has 0 aliphatic rings. The Morgan fingerprint density at radius 2 is 2.00 bits per heavy atom. The molecule has 1 rings (SSSR count). The van der Waals surface area contributed by atoms with E-state index in [2.05, 4.69) is 10.6 Å². The van der Waals surface area contributed by atoms with Crippen molar-refractivity contribution in [3.05, 3.63) is 29.8 Å². The summed E-state index contributed by atoms with van der Waals surface area (Å²) in [4.78, 5) is 22.0. The monoisotopic (exact) mass is 238 g/mol. The smallest absolute Gasteiger partial charge is 0.328 e. The molecule has 0 aromatic heterocycles. The van der Waals surface area contributed by atoms with Crippen LogP contribution in [0.25, 0.3) is 0 Å². The van der Waals surface area contributed by atoms with Gasteiger partial charge in [-0.1, -0.05) is 18.2 Å². The van der Waals surface area contributed by atoms with Crippen LogP contribution in [0.1, 0.15) is 5.56 Å². The van der Waals surface area contributed by atoms with Gasteiger partial charge in [-0.15, -0.1) is 0 Å². The molecular weight excluding hydrogens is 224 g/mol. The van der Waals surface area contributed by atoms with E-state index in [9.17, 15) is 9.59 Å². The Morgan fingerprint density at radius 1 is 1.35 bits per heavy atom. The molecular formula is C11H14N2O4. The van der Waals surface area contributed by atoms with E-state index < -0.39 is 24.6 Å². The van der Waals surface area contributed by atoms with Gasteiger partial charge in [0.05, 0.1) is 6.61 Å². The highest BCUT2D eigenvalue weighted by Gasteiger charge is 2.18. The molecule has 0 aliphatic heterocycles. The number of amides is 2. The zero-order valence-corrected chi connectivity index (χ0v) is 9.30. The van der Waals surface area contributed by atoms with Gasteiger partial charge in [-0.05, 0) is 18.6 Å². The van der Waals surface area contributed by atoms with Gasteiger partial charge in [-0.3, -0.25) is 0 Å². The second kappa shape index (κ2) is 5.86. The van der Waals surface area contributed by atoms with Crippen molar-refractivity contribution in [1.29, 1.82) is 0 Å². The molecule has 4 N–H and O–H groups in total. The van der Waals surface area contributed by atoms with Gasteiger partial charge in [0.25, 0.3) is 0 Å². The summed E-state index contributed by atoms with van der Waals surface area (Å²) in [5.74, 6) is -1.28. The summed E-state index contributed by atoms with van der Waals surface area (Å²) in [5.41, 5.74) is 1.45. The van der Waals surface area contributed by atoms with Crippen LogP contribution in [0.15, 0.2) is 24.3 Å². The number of carbonyl (C=O) groups is 2. The van der Waals surface area contributed by atoms with Gasteiger partial charge in [-0.25, -0.2) is 9.59 Å². The maximum absolute atomic E-state index is 11.4. The molecule has 0 spiro atoms. The third-order valence-corrected chi connectivity index (χ3v) is 2.18. The number of carbonyl (C=O) groups excluding carboxylic acids is 1. The minimum Gasteiger partial charge on any atom is -0.480 e. The van der Waals surface area contributed by atoms with Crippen LogP contribution in [-0.4, -0.2) is 34.9 Å². The first-order valence-corrected chi connectivity index (χ1v) is 5.01. The fourth-order valence-corrected chi connectivity index (χ4v) is 1.22. The summed E-state index contributed by atoms with van der Waals surface area (Å²) >= 11 is 0. The van der Waals surface area contributed by atoms with E-state index in [1.165, 1.54) is 0 Å². The summed E-state index contributed by atoms with van der Waals surface area (Å²) in [7, 11) is 0. The molecule has 0 heterocycles. The molecule has 1 aromatic rings. The van der Waals surface area contributed by atoms with E-state index >= 15 is 0 Å². The Balaban J connectivity index is 2.61. The van der Waals surface area contributed by atoms with Gasteiger partial charge in [-0.2, -0.15) is 0 Å². The number of aliphatic hydroxyl groups is 1. The number of anilines is 1. The van der Waals surface area contributed by atoms with Crippen molar-refractivity contribution in [2.24, 2.45) is 0 Å². The lowest BCUT2D eigenvalue weighted by molar-refractivity contribution is -0.140. The minimum absolute atomic E-state index is 0.590. The number of carboxylic acids is 1. The average molecular weight is 238 g/mol. The normalized spacial score (nSPS) is 11.6. The third-order valence-electron chi connectivity index (χ3n) is 2.18. The fourth-order valence-electron chi connectivity index (χ4n) is 1.22. The van der Waals surface area contributed by atoms with E-state index in [4.69, 9.17) is 10.2 Å². The van der Waals surface area contributed by atoms with Gasteiger partial charge in [0.15, 0.2) is 6.04 Å². The van der Waals surface area contributed by atoms with Crippen LogP contribution < -0.4 is 10.6 Å². The SMILES string of the molecule is Cc1ccccc1NC(=O)N[C@H](CO)C(=O)O. The number of hydrogen-bond acceptors (Lipinski definition) is 3. The molecule has 92 valence electrons. The molecule has 0 fully saturated rings. The van der Waals surface area contributed by atoms with Gasteiger partial charge < -0.3 is 20.8 Å². The molecule has 17 heavy (non-hydrogen) atoms. The van der Waals surface area contributed by atoms with E-state index in [0.29, 0.717) is 5.69 Å². The van der Waals surface area contributed by atoms with Crippen LogP contribution in [0.5, 0.6) is 0 Å².